The van der Waals surface area contributed by atoms with Crippen LogP contribution in [0.1, 0.15) is 57.8 Å². The van der Waals surface area contributed by atoms with Gasteiger partial charge in [-0.15, -0.1) is 16.4 Å². The summed E-state index contributed by atoms with van der Waals surface area (Å²) in [7, 11) is 0. The minimum atomic E-state index is -0.271. The number of aromatic nitrogens is 4. The largest absolute Gasteiger partial charge is 0.352 e. The molecule has 2 aromatic rings. The Kier molecular flexibility index (Phi) is 5.10. The summed E-state index contributed by atoms with van der Waals surface area (Å²) < 4.78 is 0. The number of aryl methyl sites for hydroxylation is 1. The molecule has 3 aliphatic rings. The van der Waals surface area contributed by atoms with Crippen LogP contribution < -0.4 is 10.6 Å². The lowest BCUT2D eigenvalue weighted by Gasteiger charge is -2.21. The molecule has 3 aliphatic carbocycles. The maximum atomic E-state index is 13.1. The topological polar surface area (TPSA) is 130 Å². The SMILES string of the molecule is O=C(NCC1CC1)c1c(CC(=O)C2CC2)sc2c1CC(C(=O)Nc1nn[nH]n1)CC2. The van der Waals surface area contributed by atoms with Crippen LogP contribution in [0, 0.1) is 17.8 Å². The molecule has 1 unspecified atom stereocenters. The van der Waals surface area contributed by atoms with Gasteiger partial charge in [-0.05, 0) is 61.6 Å². The average molecular weight is 429 g/mol. The Hall–Kier alpha value is -2.62. The molecule has 0 aromatic carbocycles. The van der Waals surface area contributed by atoms with Crippen molar-refractivity contribution < 1.29 is 14.4 Å². The van der Waals surface area contributed by atoms with Crippen molar-refractivity contribution in [2.75, 3.05) is 11.9 Å². The second kappa shape index (κ2) is 7.90. The highest BCUT2D eigenvalue weighted by Crippen LogP contribution is 2.39. The molecule has 2 amide bonds. The molecule has 2 fully saturated rings. The molecular formula is C20H24N6O3S. The number of tetrazole rings is 1. The number of nitrogens with one attached hydrogen (secondary N) is 3. The maximum absolute atomic E-state index is 13.1. The van der Waals surface area contributed by atoms with E-state index in [1.807, 2.05) is 0 Å². The van der Waals surface area contributed by atoms with E-state index in [0.717, 1.165) is 47.4 Å². The van der Waals surface area contributed by atoms with Crippen molar-refractivity contribution in [1.29, 1.82) is 0 Å². The fourth-order valence-corrected chi connectivity index (χ4v) is 5.39. The molecule has 2 saturated carbocycles. The molecule has 2 aromatic heterocycles. The number of thiophene rings is 1. The summed E-state index contributed by atoms with van der Waals surface area (Å²) in [6, 6.07) is 0. The van der Waals surface area contributed by atoms with Crippen LogP contribution >= 0.6 is 11.3 Å². The lowest BCUT2D eigenvalue weighted by Crippen LogP contribution is -2.31. The van der Waals surface area contributed by atoms with E-state index >= 15 is 0 Å². The number of amides is 2. The van der Waals surface area contributed by atoms with Gasteiger partial charge in [-0.1, -0.05) is 5.10 Å². The van der Waals surface area contributed by atoms with E-state index in [9.17, 15) is 14.4 Å². The highest BCUT2D eigenvalue weighted by molar-refractivity contribution is 7.12. The summed E-state index contributed by atoms with van der Waals surface area (Å²) >= 11 is 1.58. The standard InChI is InChI=1S/C20H24N6O3S/c27-14(11-3-4-11)8-16-17(19(29)21-9-10-1-2-10)13-7-12(5-6-15(13)30-16)18(28)22-20-23-25-26-24-20/h10-12H,1-9H2,(H,21,29)(H2,22,23,24,25,26,28). The van der Waals surface area contributed by atoms with Crippen LogP contribution in [0.2, 0.25) is 0 Å². The second-order valence-electron chi connectivity index (χ2n) is 8.54. The lowest BCUT2D eigenvalue weighted by molar-refractivity contribution is -0.120. The number of carbonyl (C=O) groups excluding carboxylic acids is 3. The molecule has 5 rings (SSSR count). The summed E-state index contributed by atoms with van der Waals surface area (Å²) in [5, 5.41) is 19.0. The van der Waals surface area contributed by atoms with E-state index in [2.05, 4.69) is 31.3 Å². The fourth-order valence-electron chi connectivity index (χ4n) is 4.03. The molecule has 0 bridgehead atoms. The summed E-state index contributed by atoms with van der Waals surface area (Å²) in [5.74, 6) is 0.580. The zero-order valence-corrected chi connectivity index (χ0v) is 17.4. The number of ketones is 1. The third kappa shape index (κ3) is 4.14. The summed E-state index contributed by atoms with van der Waals surface area (Å²) in [4.78, 5) is 40.2. The Labute approximate surface area is 177 Å². The molecular weight excluding hydrogens is 404 g/mol. The molecule has 0 saturated heterocycles. The molecule has 9 nitrogen and oxygen atoms in total. The Morgan fingerprint density at radius 3 is 2.63 bits per heavy atom. The van der Waals surface area contributed by atoms with Gasteiger partial charge in [-0.3, -0.25) is 19.7 Å². The van der Waals surface area contributed by atoms with E-state index in [-0.39, 0.29) is 35.4 Å². The number of Topliss-reactive ketones (excluding diaryl/α,β-unsaturated/α-hetero) is 1. The molecule has 10 heteroatoms. The monoisotopic (exact) mass is 428 g/mol. The van der Waals surface area contributed by atoms with E-state index < -0.39 is 0 Å². The fraction of sp³-hybridized carbons (Fsp3) is 0.600. The Balaban J connectivity index is 1.37. The predicted molar refractivity (Wildman–Crippen MR) is 109 cm³/mol. The van der Waals surface area contributed by atoms with Crippen LogP contribution in [0.25, 0.3) is 0 Å². The van der Waals surface area contributed by atoms with E-state index in [1.54, 1.807) is 11.3 Å². The zero-order chi connectivity index (χ0) is 20.7. The van der Waals surface area contributed by atoms with Gasteiger partial charge in [0.25, 0.3) is 11.9 Å². The van der Waals surface area contributed by atoms with Crippen LogP contribution in [-0.4, -0.2) is 44.8 Å². The minimum absolute atomic E-state index is 0.0998. The van der Waals surface area contributed by atoms with E-state index in [4.69, 9.17) is 0 Å². The van der Waals surface area contributed by atoms with Crippen molar-refractivity contribution in [3.05, 3.63) is 20.9 Å². The van der Waals surface area contributed by atoms with Gasteiger partial charge in [0.15, 0.2) is 0 Å². The van der Waals surface area contributed by atoms with Gasteiger partial charge in [0.05, 0.1) is 5.56 Å². The maximum Gasteiger partial charge on any atom is 0.269 e. The molecule has 0 radical (unpaired) electrons. The first-order chi connectivity index (χ1) is 14.6. The third-order valence-corrected chi connectivity index (χ3v) is 7.42. The normalized spacial score (nSPS) is 20.5. The van der Waals surface area contributed by atoms with Crippen LogP contribution in [0.15, 0.2) is 0 Å². The first-order valence-electron chi connectivity index (χ1n) is 10.6. The minimum Gasteiger partial charge on any atom is -0.352 e. The lowest BCUT2D eigenvalue weighted by atomic mass is 9.85. The molecule has 3 N–H and O–H groups in total. The first kappa shape index (κ1) is 19.3. The van der Waals surface area contributed by atoms with Gasteiger partial charge in [-0.25, -0.2) is 0 Å². The number of hydrogen-bond acceptors (Lipinski definition) is 7. The van der Waals surface area contributed by atoms with Crippen molar-refractivity contribution in [3.8, 4) is 0 Å². The van der Waals surface area contributed by atoms with E-state index in [0.29, 0.717) is 37.3 Å². The summed E-state index contributed by atoms with van der Waals surface area (Å²) in [5.41, 5.74) is 1.58. The van der Waals surface area contributed by atoms with Gasteiger partial charge in [0, 0.05) is 34.6 Å². The Morgan fingerprint density at radius 2 is 1.93 bits per heavy atom. The van der Waals surface area contributed by atoms with Crippen LogP contribution in [-0.2, 0) is 28.9 Å². The molecule has 2 heterocycles. The van der Waals surface area contributed by atoms with Crippen molar-refractivity contribution >= 4 is 34.9 Å². The number of rotatable bonds is 8. The van der Waals surface area contributed by atoms with Gasteiger partial charge in [-0.2, -0.15) is 5.21 Å². The number of H-pyrrole nitrogens is 1. The van der Waals surface area contributed by atoms with Crippen LogP contribution in [0.3, 0.4) is 0 Å². The van der Waals surface area contributed by atoms with Gasteiger partial charge in [0.1, 0.15) is 5.78 Å². The number of carbonyl (C=O) groups is 3. The van der Waals surface area contributed by atoms with Crippen molar-refractivity contribution in [2.45, 2.75) is 51.4 Å². The predicted octanol–water partition coefficient (Wildman–Crippen LogP) is 1.67. The smallest absolute Gasteiger partial charge is 0.269 e. The van der Waals surface area contributed by atoms with Gasteiger partial charge in [0.2, 0.25) is 5.91 Å². The summed E-state index contributed by atoms with van der Waals surface area (Å²) in [6.45, 7) is 0.682. The second-order valence-corrected chi connectivity index (χ2v) is 9.73. The van der Waals surface area contributed by atoms with Crippen molar-refractivity contribution in [2.24, 2.45) is 17.8 Å². The number of nitrogens with zero attached hydrogens (tertiary/aromatic N) is 3. The highest BCUT2D eigenvalue weighted by atomic mass is 32.1. The number of aromatic amines is 1. The first-order valence-corrected chi connectivity index (χ1v) is 11.4. The average Bonchev–Trinajstić information content (AvgIpc) is 3.66. The van der Waals surface area contributed by atoms with Gasteiger partial charge < -0.3 is 5.32 Å². The van der Waals surface area contributed by atoms with Crippen LogP contribution in [0.4, 0.5) is 5.95 Å². The number of hydrogen-bond donors (Lipinski definition) is 3. The third-order valence-electron chi connectivity index (χ3n) is 6.13. The zero-order valence-electron chi connectivity index (χ0n) is 16.6. The molecule has 158 valence electrons. The quantitative estimate of drug-likeness (QED) is 0.586. The Bertz CT molecular complexity index is 977. The van der Waals surface area contributed by atoms with E-state index in [1.165, 1.54) is 0 Å². The molecule has 30 heavy (non-hydrogen) atoms. The van der Waals surface area contributed by atoms with Crippen LogP contribution in [0.5, 0.6) is 0 Å². The molecule has 1 atom stereocenters. The number of fused-ring (bicyclic) bond motifs is 1. The number of anilines is 1. The van der Waals surface area contributed by atoms with Gasteiger partial charge >= 0.3 is 0 Å². The molecule has 0 spiro atoms. The Morgan fingerprint density at radius 1 is 1.10 bits per heavy atom. The molecule has 0 aliphatic heterocycles. The van der Waals surface area contributed by atoms with Crippen molar-refractivity contribution in [1.82, 2.24) is 25.9 Å². The highest BCUT2D eigenvalue weighted by Gasteiger charge is 2.35. The summed E-state index contributed by atoms with van der Waals surface area (Å²) in [6.07, 6.45) is 6.48. The van der Waals surface area contributed by atoms with Crippen molar-refractivity contribution in [3.63, 3.8) is 0 Å².